The topological polar surface area (TPSA) is 55.6 Å². The van der Waals surface area contributed by atoms with Crippen molar-refractivity contribution in [3.63, 3.8) is 0 Å². The minimum Gasteiger partial charge on any atom is -0.478 e. The predicted molar refractivity (Wildman–Crippen MR) is 77.7 cm³/mol. The van der Waals surface area contributed by atoms with E-state index in [0.717, 1.165) is 33.8 Å². The standard InChI is InChI=1S/C15H22N2O2/c1-7(2)13-15(18)17(6)12-9(4)8(3)11(16)10(5)14(12)19-13/h7,13H,16H2,1-6H3. The molecule has 1 aromatic rings. The Morgan fingerprint density at radius 3 is 2.26 bits per heavy atom. The molecule has 0 saturated carbocycles. The normalized spacial score (nSPS) is 18.6. The van der Waals surface area contributed by atoms with Gasteiger partial charge < -0.3 is 15.4 Å². The molecule has 1 unspecified atom stereocenters. The fourth-order valence-corrected chi connectivity index (χ4v) is 2.58. The first-order valence-electron chi connectivity index (χ1n) is 6.60. The first-order chi connectivity index (χ1) is 8.77. The van der Waals surface area contributed by atoms with Crippen molar-refractivity contribution in [1.82, 2.24) is 0 Å². The lowest BCUT2D eigenvalue weighted by Crippen LogP contribution is -2.47. The van der Waals surface area contributed by atoms with Crippen LogP contribution in [0.3, 0.4) is 0 Å². The summed E-state index contributed by atoms with van der Waals surface area (Å²) in [5.74, 6) is 0.890. The number of rotatable bonds is 1. The minimum atomic E-state index is -0.433. The smallest absolute Gasteiger partial charge is 0.268 e. The molecule has 0 radical (unpaired) electrons. The number of ether oxygens (including phenoxy) is 1. The molecule has 19 heavy (non-hydrogen) atoms. The van der Waals surface area contributed by atoms with Gasteiger partial charge >= 0.3 is 0 Å². The molecular formula is C15H22N2O2. The summed E-state index contributed by atoms with van der Waals surface area (Å²) in [7, 11) is 1.81. The number of benzene rings is 1. The molecule has 2 rings (SSSR count). The van der Waals surface area contributed by atoms with E-state index in [9.17, 15) is 4.79 Å². The number of likely N-dealkylation sites (N-methyl/N-ethyl adjacent to an activating group) is 1. The molecular weight excluding hydrogens is 240 g/mol. The monoisotopic (exact) mass is 262 g/mol. The van der Waals surface area contributed by atoms with Gasteiger partial charge in [-0.2, -0.15) is 0 Å². The van der Waals surface area contributed by atoms with Gasteiger partial charge in [0.05, 0.1) is 5.69 Å². The van der Waals surface area contributed by atoms with E-state index in [4.69, 9.17) is 10.5 Å². The van der Waals surface area contributed by atoms with E-state index in [0.29, 0.717) is 0 Å². The Labute approximate surface area is 114 Å². The second kappa shape index (κ2) is 4.44. The van der Waals surface area contributed by atoms with Crippen molar-refractivity contribution < 1.29 is 9.53 Å². The highest BCUT2D eigenvalue weighted by Gasteiger charge is 2.37. The number of hydrogen-bond acceptors (Lipinski definition) is 3. The SMILES string of the molecule is Cc1c(C)c2c(c(C)c1N)OC(C(C)C)C(=O)N2C. The van der Waals surface area contributed by atoms with Gasteiger partial charge in [-0.25, -0.2) is 0 Å². The van der Waals surface area contributed by atoms with Crippen LogP contribution in [0.5, 0.6) is 5.75 Å². The van der Waals surface area contributed by atoms with E-state index >= 15 is 0 Å². The maximum atomic E-state index is 12.4. The van der Waals surface area contributed by atoms with E-state index in [2.05, 4.69) is 0 Å². The van der Waals surface area contributed by atoms with Crippen LogP contribution in [0.4, 0.5) is 11.4 Å². The van der Waals surface area contributed by atoms with Crippen LogP contribution in [0, 0.1) is 26.7 Å². The summed E-state index contributed by atoms with van der Waals surface area (Å²) < 4.78 is 5.95. The van der Waals surface area contributed by atoms with Crippen LogP contribution in [-0.2, 0) is 4.79 Å². The Bertz CT molecular complexity index is 550. The maximum absolute atomic E-state index is 12.4. The molecule has 1 amide bonds. The molecule has 0 bridgehead atoms. The van der Waals surface area contributed by atoms with Crippen molar-refractivity contribution >= 4 is 17.3 Å². The number of carbonyl (C=O) groups excluding carboxylic acids is 1. The number of nitrogens with zero attached hydrogens (tertiary/aromatic N) is 1. The summed E-state index contributed by atoms with van der Waals surface area (Å²) in [6.45, 7) is 9.88. The van der Waals surface area contributed by atoms with Crippen molar-refractivity contribution in [3.8, 4) is 5.75 Å². The third-order valence-corrected chi connectivity index (χ3v) is 4.04. The molecule has 0 aromatic heterocycles. The van der Waals surface area contributed by atoms with E-state index in [1.54, 1.807) is 11.9 Å². The van der Waals surface area contributed by atoms with Gasteiger partial charge in [0.25, 0.3) is 5.91 Å². The second-order valence-corrected chi connectivity index (χ2v) is 5.65. The molecule has 1 aromatic carbocycles. The number of amides is 1. The van der Waals surface area contributed by atoms with E-state index < -0.39 is 6.10 Å². The number of hydrogen-bond donors (Lipinski definition) is 1. The van der Waals surface area contributed by atoms with Crippen molar-refractivity contribution in [1.29, 1.82) is 0 Å². The zero-order valence-corrected chi connectivity index (χ0v) is 12.5. The van der Waals surface area contributed by atoms with Gasteiger partial charge in [0.15, 0.2) is 6.10 Å². The van der Waals surface area contributed by atoms with Gasteiger partial charge in [-0.05, 0) is 37.8 Å². The Morgan fingerprint density at radius 1 is 1.16 bits per heavy atom. The Kier molecular flexibility index (Phi) is 3.20. The first-order valence-corrected chi connectivity index (χ1v) is 6.60. The molecule has 104 valence electrons. The average molecular weight is 262 g/mol. The van der Waals surface area contributed by atoms with Crippen LogP contribution in [0.2, 0.25) is 0 Å². The van der Waals surface area contributed by atoms with Gasteiger partial charge in [0.1, 0.15) is 5.75 Å². The van der Waals surface area contributed by atoms with Crippen molar-refractivity contribution in [2.24, 2.45) is 5.92 Å². The number of anilines is 2. The van der Waals surface area contributed by atoms with Crippen molar-refractivity contribution in [3.05, 3.63) is 16.7 Å². The fourth-order valence-electron chi connectivity index (χ4n) is 2.58. The summed E-state index contributed by atoms with van der Waals surface area (Å²) in [5, 5.41) is 0. The summed E-state index contributed by atoms with van der Waals surface area (Å²) >= 11 is 0. The van der Waals surface area contributed by atoms with E-state index in [-0.39, 0.29) is 11.8 Å². The third-order valence-electron chi connectivity index (χ3n) is 4.04. The van der Waals surface area contributed by atoms with Crippen molar-refractivity contribution in [2.75, 3.05) is 17.7 Å². The largest absolute Gasteiger partial charge is 0.478 e. The lowest BCUT2D eigenvalue weighted by Gasteiger charge is -2.36. The minimum absolute atomic E-state index is 0.00849. The molecule has 1 atom stereocenters. The zero-order chi connectivity index (χ0) is 14.5. The van der Waals surface area contributed by atoms with Crippen LogP contribution in [-0.4, -0.2) is 19.1 Å². The Morgan fingerprint density at radius 2 is 1.74 bits per heavy atom. The molecule has 1 heterocycles. The lowest BCUT2D eigenvalue weighted by atomic mass is 9.96. The highest BCUT2D eigenvalue weighted by molar-refractivity contribution is 6.01. The molecule has 0 fully saturated rings. The summed E-state index contributed by atoms with van der Waals surface area (Å²) in [6, 6.07) is 0. The zero-order valence-electron chi connectivity index (χ0n) is 12.5. The summed E-state index contributed by atoms with van der Waals surface area (Å²) in [6.07, 6.45) is -0.433. The molecule has 1 aliphatic heterocycles. The Hall–Kier alpha value is -1.71. The molecule has 4 nitrogen and oxygen atoms in total. The van der Waals surface area contributed by atoms with Gasteiger partial charge in [-0.15, -0.1) is 0 Å². The number of nitrogen functional groups attached to an aromatic ring is 1. The number of nitrogens with two attached hydrogens (primary N) is 1. The van der Waals surface area contributed by atoms with Gasteiger partial charge in [0.2, 0.25) is 0 Å². The highest BCUT2D eigenvalue weighted by Crippen LogP contribution is 2.44. The molecule has 4 heteroatoms. The molecule has 0 saturated heterocycles. The maximum Gasteiger partial charge on any atom is 0.268 e. The van der Waals surface area contributed by atoms with Crippen LogP contribution >= 0.6 is 0 Å². The van der Waals surface area contributed by atoms with E-state index in [1.165, 1.54) is 0 Å². The predicted octanol–water partition coefficient (Wildman–Crippen LogP) is 2.57. The van der Waals surface area contributed by atoms with Crippen LogP contribution in [0.25, 0.3) is 0 Å². The average Bonchev–Trinajstić information content (AvgIpc) is 2.36. The fraction of sp³-hybridized carbons (Fsp3) is 0.533. The van der Waals surface area contributed by atoms with Crippen LogP contribution < -0.4 is 15.4 Å². The van der Waals surface area contributed by atoms with Crippen LogP contribution in [0.15, 0.2) is 0 Å². The van der Waals surface area contributed by atoms with Gasteiger partial charge in [-0.3, -0.25) is 4.79 Å². The Balaban J connectivity index is 2.69. The first kappa shape index (κ1) is 13.7. The third kappa shape index (κ3) is 1.86. The lowest BCUT2D eigenvalue weighted by molar-refractivity contribution is -0.127. The molecule has 2 N–H and O–H groups in total. The van der Waals surface area contributed by atoms with E-state index in [1.807, 2.05) is 34.6 Å². The molecule has 0 spiro atoms. The molecule has 0 aliphatic carbocycles. The van der Waals surface area contributed by atoms with Crippen LogP contribution in [0.1, 0.15) is 30.5 Å². The summed E-state index contributed by atoms with van der Waals surface area (Å²) in [5.41, 5.74) is 10.7. The van der Waals surface area contributed by atoms with Gasteiger partial charge in [-0.1, -0.05) is 13.8 Å². The second-order valence-electron chi connectivity index (χ2n) is 5.65. The number of fused-ring (bicyclic) bond motifs is 1. The van der Waals surface area contributed by atoms with Crippen molar-refractivity contribution in [2.45, 2.75) is 40.7 Å². The quantitative estimate of drug-likeness (QED) is 0.791. The van der Waals surface area contributed by atoms with Gasteiger partial charge in [0, 0.05) is 18.3 Å². The summed E-state index contributed by atoms with van der Waals surface area (Å²) in [4.78, 5) is 14.1. The highest BCUT2D eigenvalue weighted by atomic mass is 16.5. The molecule has 1 aliphatic rings. The number of carbonyl (C=O) groups is 1.